The quantitative estimate of drug-likeness (QED) is 0.806. The lowest BCUT2D eigenvalue weighted by atomic mass is 10.1. The number of aryl methyl sites for hydroxylation is 1. The molecule has 0 saturated carbocycles. The minimum atomic E-state index is -4.50. The maximum atomic E-state index is 13.0. The third kappa shape index (κ3) is 5.22. The van der Waals surface area contributed by atoms with Crippen LogP contribution in [0.5, 0.6) is 0 Å². The second-order valence-electron chi connectivity index (χ2n) is 6.76. The summed E-state index contributed by atoms with van der Waals surface area (Å²) in [7, 11) is 0. The lowest BCUT2D eigenvalue weighted by molar-refractivity contribution is -0.138. The van der Waals surface area contributed by atoms with Gasteiger partial charge in [0.15, 0.2) is 0 Å². The number of rotatable bonds is 5. The zero-order chi connectivity index (χ0) is 21.0. The molecule has 0 aromatic heterocycles. The Morgan fingerprint density at radius 2 is 1.83 bits per heavy atom. The van der Waals surface area contributed by atoms with Gasteiger partial charge in [0.05, 0.1) is 17.8 Å². The number of anilines is 1. The van der Waals surface area contributed by atoms with Gasteiger partial charge in [-0.15, -0.1) is 0 Å². The standard InChI is InChI=1S/C21H20F3N3O2/c1-14-7-8-16(13-17(14)21(22,23)24)25-19(28)9-10-20(29)27-12-11-18(26-27)15-5-3-2-4-6-15/h2-8,13H,9-12H2,1H3,(H,25,28). The Morgan fingerprint density at radius 1 is 1.10 bits per heavy atom. The molecule has 0 atom stereocenters. The molecular weight excluding hydrogens is 383 g/mol. The van der Waals surface area contributed by atoms with E-state index in [2.05, 4.69) is 10.4 Å². The van der Waals surface area contributed by atoms with Crippen molar-refractivity contribution in [2.75, 3.05) is 11.9 Å². The first-order valence-electron chi connectivity index (χ1n) is 9.15. The number of nitrogens with zero attached hydrogens (tertiary/aromatic N) is 2. The van der Waals surface area contributed by atoms with Crippen LogP contribution >= 0.6 is 0 Å². The lowest BCUT2D eigenvalue weighted by Crippen LogP contribution is -2.25. The number of amides is 2. The molecule has 2 aromatic rings. The molecule has 29 heavy (non-hydrogen) atoms. The topological polar surface area (TPSA) is 61.8 Å². The zero-order valence-corrected chi connectivity index (χ0v) is 15.8. The van der Waals surface area contributed by atoms with Gasteiger partial charge in [-0.25, -0.2) is 5.01 Å². The number of nitrogens with one attached hydrogen (secondary N) is 1. The molecule has 8 heteroatoms. The molecule has 1 heterocycles. The largest absolute Gasteiger partial charge is 0.416 e. The van der Waals surface area contributed by atoms with Gasteiger partial charge in [0.1, 0.15) is 0 Å². The van der Waals surface area contributed by atoms with Gasteiger partial charge in [0, 0.05) is 24.9 Å². The molecule has 2 amide bonds. The van der Waals surface area contributed by atoms with Gasteiger partial charge in [-0.2, -0.15) is 18.3 Å². The summed E-state index contributed by atoms with van der Waals surface area (Å²) >= 11 is 0. The maximum Gasteiger partial charge on any atom is 0.416 e. The average molecular weight is 403 g/mol. The summed E-state index contributed by atoms with van der Waals surface area (Å²) < 4.78 is 38.9. The minimum absolute atomic E-state index is 0.0472. The molecule has 0 unspecified atom stereocenters. The first kappa shape index (κ1) is 20.6. The van der Waals surface area contributed by atoms with Crippen molar-refractivity contribution in [3.8, 4) is 0 Å². The predicted octanol–water partition coefficient (Wildman–Crippen LogP) is 4.37. The van der Waals surface area contributed by atoms with E-state index >= 15 is 0 Å². The highest BCUT2D eigenvalue weighted by Crippen LogP contribution is 2.33. The summed E-state index contributed by atoms with van der Waals surface area (Å²) in [6, 6.07) is 13.1. The van der Waals surface area contributed by atoms with Crippen LogP contribution in [0.15, 0.2) is 53.6 Å². The van der Waals surface area contributed by atoms with Crippen LogP contribution < -0.4 is 5.32 Å². The van der Waals surface area contributed by atoms with Gasteiger partial charge >= 0.3 is 6.18 Å². The lowest BCUT2D eigenvalue weighted by Gasteiger charge is -2.13. The van der Waals surface area contributed by atoms with E-state index in [4.69, 9.17) is 0 Å². The Bertz CT molecular complexity index is 940. The average Bonchev–Trinajstić information content (AvgIpc) is 3.18. The molecule has 0 aliphatic carbocycles. The van der Waals surface area contributed by atoms with Gasteiger partial charge < -0.3 is 5.32 Å². The van der Waals surface area contributed by atoms with Crippen molar-refractivity contribution in [1.82, 2.24) is 5.01 Å². The molecule has 1 N–H and O–H groups in total. The summed E-state index contributed by atoms with van der Waals surface area (Å²) in [5, 5.41) is 8.07. The number of hydrogen-bond acceptors (Lipinski definition) is 3. The molecule has 0 spiro atoms. The molecule has 3 rings (SSSR count). The summed E-state index contributed by atoms with van der Waals surface area (Å²) in [5.74, 6) is -0.826. The van der Waals surface area contributed by atoms with Crippen molar-refractivity contribution < 1.29 is 22.8 Å². The van der Waals surface area contributed by atoms with Crippen LogP contribution in [0.1, 0.15) is 36.0 Å². The first-order valence-corrected chi connectivity index (χ1v) is 9.15. The Kier molecular flexibility index (Phi) is 6.00. The number of hydrazone groups is 1. The zero-order valence-electron chi connectivity index (χ0n) is 15.8. The molecule has 152 valence electrons. The SMILES string of the molecule is Cc1ccc(NC(=O)CCC(=O)N2CCC(c3ccccc3)=N2)cc1C(F)(F)F. The third-order valence-corrected chi connectivity index (χ3v) is 4.59. The molecule has 0 radical (unpaired) electrons. The van der Waals surface area contributed by atoms with Gasteiger partial charge in [0.2, 0.25) is 11.8 Å². The molecule has 0 fully saturated rings. The summed E-state index contributed by atoms with van der Waals surface area (Å²) in [4.78, 5) is 24.4. The van der Waals surface area contributed by atoms with E-state index in [-0.39, 0.29) is 30.0 Å². The smallest absolute Gasteiger partial charge is 0.326 e. The van der Waals surface area contributed by atoms with E-state index in [0.29, 0.717) is 13.0 Å². The van der Waals surface area contributed by atoms with Crippen LogP contribution in [-0.4, -0.2) is 29.1 Å². The van der Waals surface area contributed by atoms with Crippen molar-refractivity contribution >= 4 is 23.2 Å². The molecule has 0 saturated heterocycles. The molecule has 0 bridgehead atoms. The normalized spacial score (nSPS) is 13.9. The van der Waals surface area contributed by atoms with Crippen LogP contribution in [0.2, 0.25) is 0 Å². The van der Waals surface area contributed by atoms with Crippen molar-refractivity contribution in [1.29, 1.82) is 0 Å². The van der Waals surface area contributed by atoms with Crippen molar-refractivity contribution in [2.45, 2.75) is 32.4 Å². The fourth-order valence-corrected chi connectivity index (χ4v) is 3.05. The number of halogens is 3. The monoisotopic (exact) mass is 403 g/mol. The number of carbonyl (C=O) groups is 2. The minimum Gasteiger partial charge on any atom is -0.326 e. The third-order valence-electron chi connectivity index (χ3n) is 4.59. The van der Waals surface area contributed by atoms with Crippen molar-refractivity contribution in [2.24, 2.45) is 5.10 Å². The summed E-state index contributed by atoms with van der Waals surface area (Å²) in [5.41, 5.74) is 1.08. The van der Waals surface area contributed by atoms with Crippen LogP contribution in [0, 0.1) is 6.92 Å². The highest BCUT2D eigenvalue weighted by atomic mass is 19.4. The Hall–Kier alpha value is -3.16. The van der Waals surface area contributed by atoms with E-state index in [0.717, 1.165) is 17.3 Å². The number of hydrogen-bond donors (Lipinski definition) is 1. The number of alkyl halides is 3. The Morgan fingerprint density at radius 3 is 2.52 bits per heavy atom. The second kappa shape index (κ2) is 8.46. The van der Waals surface area contributed by atoms with Crippen LogP contribution in [0.3, 0.4) is 0 Å². The highest BCUT2D eigenvalue weighted by molar-refractivity contribution is 6.02. The van der Waals surface area contributed by atoms with E-state index in [1.807, 2.05) is 30.3 Å². The first-order chi connectivity index (χ1) is 13.7. The van der Waals surface area contributed by atoms with Crippen molar-refractivity contribution in [3.05, 3.63) is 65.2 Å². The van der Waals surface area contributed by atoms with Crippen LogP contribution in [-0.2, 0) is 15.8 Å². The molecule has 1 aliphatic rings. The van der Waals surface area contributed by atoms with E-state index in [1.165, 1.54) is 24.1 Å². The van der Waals surface area contributed by atoms with Crippen LogP contribution in [0.4, 0.5) is 18.9 Å². The highest BCUT2D eigenvalue weighted by Gasteiger charge is 2.32. The van der Waals surface area contributed by atoms with Crippen LogP contribution in [0.25, 0.3) is 0 Å². The fraction of sp³-hybridized carbons (Fsp3) is 0.286. The predicted molar refractivity (Wildman–Crippen MR) is 103 cm³/mol. The molecule has 5 nitrogen and oxygen atoms in total. The number of benzene rings is 2. The van der Waals surface area contributed by atoms with Gasteiger partial charge in [-0.05, 0) is 30.2 Å². The molecule has 1 aliphatic heterocycles. The van der Waals surface area contributed by atoms with Gasteiger partial charge in [-0.3, -0.25) is 9.59 Å². The van der Waals surface area contributed by atoms with Gasteiger partial charge in [-0.1, -0.05) is 36.4 Å². The fourth-order valence-electron chi connectivity index (χ4n) is 3.05. The van der Waals surface area contributed by atoms with E-state index in [9.17, 15) is 22.8 Å². The summed E-state index contributed by atoms with van der Waals surface area (Å²) in [6.07, 6.45) is -4.08. The molecular formula is C21H20F3N3O2. The van der Waals surface area contributed by atoms with E-state index in [1.54, 1.807) is 0 Å². The van der Waals surface area contributed by atoms with E-state index < -0.39 is 17.6 Å². The number of carbonyl (C=O) groups excluding carboxylic acids is 2. The Balaban J connectivity index is 1.55. The maximum absolute atomic E-state index is 13.0. The van der Waals surface area contributed by atoms with Gasteiger partial charge in [0.25, 0.3) is 0 Å². The Labute approximate surface area is 166 Å². The summed E-state index contributed by atoms with van der Waals surface area (Å²) in [6.45, 7) is 1.80. The molecule has 2 aromatic carbocycles. The second-order valence-corrected chi connectivity index (χ2v) is 6.76. The van der Waals surface area contributed by atoms with Crippen molar-refractivity contribution in [3.63, 3.8) is 0 Å².